The first-order valence-electron chi connectivity index (χ1n) is 19.5. The zero-order chi connectivity index (χ0) is 41.9. The van der Waals surface area contributed by atoms with E-state index >= 15 is 0 Å². The van der Waals surface area contributed by atoms with Gasteiger partial charge in [-0.3, -0.25) is 19.9 Å². The molecule has 0 radical (unpaired) electrons. The van der Waals surface area contributed by atoms with E-state index in [4.69, 9.17) is 39.6 Å². The Morgan fingerprint density at radius 1 is 0.842 bits per heavy atom. The maximum atomic E-state index is 12.5. The van der Waals surface area contributed by atoms with E-state index in [1.165, 1.54) is 5.56 Å². The van der Waals surface area contributed by atoms with Gasteiger partial charge < -0.3 is 58.7 Å². The Morgan fingerprint density at radius 2 is 1.49 bits per heavy atom. The molecule has 4 unspecified atom stereocenters. The van der Waals surface area contributed by atoms with Crippen LogP contribution in [0.1, 0.15) is 79.9 Å². The monoisotopic (exact) mass is 816 g/mol. The number of halogens is 1. The summed E-state index contributed by atoms with van der Waals surface area (Å²) in [5.41, 5.74) is 25.1. The fraction of sp³-hybridized carbons (Fsp3) is 0.564. The number of nitrogens with zero attached hydrogens (tertiary/aromatic N) is 4. The number of nitrogen functional groups attached to an aromatic ring is 2. The molecule has 18 heteroatoms. The average molecular weight is 817 g/mol. The number of fused-ring (bicyclic) bond motifs is 1. The molecule has 0 aliphatic rings. The zero-order valence-corrected chi connectivity index (χ0v) is 33.4. The molecule has 0 fully saturated rings. The van der Waals surface area contributed by atoms with Gasteiger partial charge in [-0.25, -0.2) is 9.97 Å². The van der Waals surface area contributed by atoms with Gasteiger partial charge in [-0.2, -0.15) is 0 Å². The second kappa shape index (κ2) is 24.5. The van der Waals surface area contributed by atoms with Crippen molar-refractivity contribution >= 4 is 51.8 Å². The van der Waals surface area contributed by atoms with Crippen LogP contribution in [-0.4, -0.2) is 128 Å². The topological polar surface area (TPSA) is 305 Å². The van der Waals surface area contributed by atoms with Gasteiger partial charge in [-0.1, -0.05) is 74.2 Å². The number of unbranched alkanes of at least 4 members (excludes halogenated alkanes) is 4. The maximum absolute atomic E-state index is 12.5. The van der Waals surface area contributed by atoms with Crippen molar-refractivity contribution in [2.75, 3.05) is 50.8 Å². The summed E-state index contributed by atoms with van der Waals surface area (Å²) in [6.07, 6.45) is 1.93. The van der Waals surface area contributed by atoms with E-state index in [-0.39, 0.29) is 35.0 Å². The van der Waals surface area contributed by atoms with Crippen LogP contribution in [0, 0.1) is 0 Å². The van der Waals surface area contributed by atoms with Crippen molar-refractivity contribution in [3.63, 3.8) is 0 Å². The minimum Gasteiger partial charge on any atom is -0.394 e. The fourth-order valence-corrected chi connectivity index (χ4v) is 6.65. The van der Waals surface area contributed by atoms with Crippen molar-refractivity contribution in [1.82, 2.24) is 25.5 Å². The third kappa shape index (κ3) is 15.2. The number of aryl methyl sites for hydroxylation is 2. The molecule has 57 heavy (non-hydrogen) atoms. The van der Waals surface area contributed by atoms with E-state index < -0.39 is 48.9 Å². The number of nitrogens with two attached hydrogens (primary N) is 4. The van der Waals surface area contributed by atoms with Crippen LogP contribution in [0.2, 0.25) is 5.15 Å². The van der Waals surface area contributed by atoms with Crippen LogP contribution in [0.15, 0.2) is 41.4 Å². The molecule has 17 nitrogen and oxygen atoms in total. The number of hydrogen-bond donors (Lipinski definition) is 11. The molecule has 0 saturated carbocycles. The van der Waals surface area contributed by atoms with Gasteiger partial charge in [-0.15, -0.1) is 0 Å². The minimum atomic E-state index is -1.68. The van der Waals surface area contributed by atoms with Crippen molar-refractivity contribution in [3.8, 4) is 0 Å². The van der Waals surface area contributed by atoms with Crippen LogP contribution in [0.5, 0.6) is 0 Å². The maximum Gasteiger partial charge on any atom is 0.280 e. The van der Waals surface area contributed by atoms with E-state index in [9.17, 15) is 30.0 Å². The molecule has 0 aliphatic carbocycles. The molecule has 1 heterocycles. The normalized spacial score (nSPS) is 14.7. The summed E-state index contributed by atoms with van der Waals surface area (Å²) in [7, 11) is 0. The Balaban J connectivity index is 1.51. The molecule has 5 atom stereocenters. The van der Waals surface area contributed by atoms with Crippen molar-refractivity contribution < 1.29 is 35.1 Å². The number of carbonyl (C=O) groups excluding carboxylic acids is 2. The Morgan fingerprint density at radius 3 is 2.14 bits per heavy atom. The lowest BCUT2D eigenvalue weighted by Crippen LogP contribution is -2.50. The molecule has 0 spiro atoms. The van der Waals surface area contributed by atoms with Crippen LogP contribution >= 0.6 is 11.6 Å². The van der Waals surface area contributed by atoms with Crippen LogP contribution in [0.4, 0.5) is 11.6 Å². The van der Waals surface area contributed by atoms with Gasteiger partial charge >= 0.3 is 0 Å². The Hall–Kier alpha value is -4.20. The quantitative estimate of drug-likeness (QED) is 0.0301. The summed E-state index contributed by atoms with van der Waals surface area (Å²) in [6.45, 7) is 3.55. The Bertz CT molecular complexity index is 1750. The highest BCUT2D eigenvalue weighted by atomic mass is 35.5. The number of aliphatic hydroxyl groups is 5. The molecule has 316 valence electrons. The second-order valence-corrected chi connectivity index (χ2v) is 14.6. The first-order valence-corrected chi connectivity index (χ1v) is 19.9. The highest BCUT2D eigenvalue weighted by molar-refractivity contribution is 6.31. The minimum absolute atomic E-state index is 0.0714. The predicted molar refractivity (Wildman–Crippen MR) is 222 cm³/mol. The highest BCUT2D eigenvalue weighted by Crippen LogP contribution is 2.26. The van der Waals surface area contributed by atoms with E-state index in [1.807, 2.05) is 17.0 Å². The van der Waals surface area contributed by atoms with Gasteiger partial charge in [0.1, 0.15) is 18.3 Å². The summed E-state index contributed by atoms with van der Waals surface area (Å²) >= 11 is 5.86. The van der Waals surface area contributed by atoms with Gasteiger partial charge in [0.05, 0.1) is 18.8 Å². The molecule has 0 saturated heterocycles. The average Bonchev–Trinajstić information content (AvgIpc) is 3.19. The number of carbonyl (C=O) groups is 2. The predicted octanol–water partition coefficient (Wildman–Crippen LogP) is 0.599. The standard InChI is InChI=1S/C39H61ClN10O7/c1-2-3-4-9-20-50(22-29(52)32(54)33(55)30(53)23-51)21-10-19-45-28(37(43)56)17-16-25-15-14-24(26-12-5-6-13-27(25)26)11-7-8-18-46-39(44)49-38(57)31-35(41)48-36(42)34(40)47-31/h5-6,12-15,28-30,32-33,45,51-55H,2-4,7-11,16-23H2,1H3,(H2,43,56)(H4,41,42,48)(H3,44,46,49,57)/t28-,29?,30?,32?,33?/m1/s1. The van der Waals surface area contributed by atoms with Crippen molar-refractivity contribution in [2.45, 2.75) is 102 Å². The molecular weight excluding hydrogens is 756 g/mol. The number of amides is 2. The van der Waals surface area contributed by atoms with Crippen molar-refractivity contribution in [1.29, 1.82) is 0 Å². The molecular formula is C39H61ClN10O7. The van der Waals surface area contributed by atoms with Gasteiger partial charge in [0.25, 0.3) is 5.91 Å². The number of guanidine groups is 1. The number of benzene rings is 2. The zero-order valence-electron chi connectivity index (χ0n) is 32.7. The number of nitrogens with one attached hydrogen (secondary N) is 2. The third-order valence-electron chi connectivity index (χ3n) is 9.79. The van der Waals surface area contributed by atoms with Gasteiger partial charge in [0, 0.05) is 13.1 Å². The molecule has 2 aromatic carbocycles. The van der Waals surface area contributed by atoms with Crippen LogP contribution in [0.3, 0.4) is 0 Å². The second-order valence-electron chi connectivity index (χ2n) is 14.2. The molecule has 3 rings (SSSR count). The number of primary amides is 1. The summed E-state index contributed by atoms with van der Waals surface area (Å²) in [6, 6.07) is 11.8. The number of aliphatic hydroxyl groups excluding tert-OH is 5. The van der Waals surface area contributed by atoms with E-state index in [0.717, 1.165) is 54.9 Å². The largest absolute Gasteiger partial charge is 0.394 e. The Kier molecular flexibility index (Phi) is 20.3. The lowest BCUT2D eigenvalue weighted by Gasteiger charge is -2.30. The van der Waals surface area contributed by atoms with Crippen LogP contribution < -0.4 is 33.6 Å². The van der Waals surface area contributed by atoms with Crippen molar-refractivity contribution in [3.05, 3.63) is 58.4 Å². The lowest BCUT2D eigenvalue weighted by atomic mass is 9.93. The third-order valence-corrected chi connectivity index (χ3v) is 10.1. The first-order chi connectivity index (χ1) is 27.3. The lowest BCUT2D eigenvalue weighted by molar-refractivity contribution is -0.120. The summed E-state index contributed by atoms with van der Waals surface area (Å²) in [5.74, 6) is -1.49. The van der Waals surface area contributed by atoms with Crippen molar-refractivity contribution in [2.24, 2.45) is 16.5 Å². The van der Waals surface area contributed by atoms with Gasteiger partial charge in [0.2, 0.25) is 5.91 Å². The van der Waals surface area contributed by atoms with Crippen LogP contribution in [-0.2, 0) is 17.6 Å². The fourth-order valence-electron chi connectivity index (χ4n) is 6.53. The highest BCUT2D eigenvalue weighted by Gasteiger charge is 2.31. The molecule has 0 aliphatic heterocycles. The molecule has 15 N–H and O–H groups in total. The van der Waals surface area contributed by atoms with Gasteiger partial charge in [0.15, 0.2) is 28.4 Å². The summed E-state index contributed by atoms with van der Waals surface area (Å²) < 4.78 is 0. The smallest absolute Gasteiger partial charge is 0.280 e. The number of aromatic nitrogens is 2. The number of rotatable bonds is 26. The summed E-state index contributed by atoms with van der Waals surface area (Å²) in [4.78, 5) is 38.8. The molecule has 2 amide bonds. The first kappa shape index (κ1) is 47.2. The molecule has 0 bridgehead atoms. The summed E-state index contributed by atoms with van der Waals surface area (Å²) in [5, 5.41) is 57.6. The van der Waals surface area contributed by atoms with E-state index in [0.29, 0.717) is 51.9 Å². The molecule has 1 aromatic heterocycles. The SMILES string of the molecule is CCCCCCN(CCCN[C@H](CCc1ccc(CCCCN=C(N)NC(=O)c2nc(Cl)c(N)nc2N)c2ccccc12)C(N)=O)CC(O)C(O)C(O)C(O)CO. The Labute approximate surface area is 338 Å². The van der Waals surface area contributed by atoms with Gasteiger partial charge in [-0.05, 0) is 86.5 Å². The molecule has 3 aromatic rings. The number of hydrogen-bond acceptors (Lipinski definition) is 14. The van der Waals surface area contributed by atoms with E-state index in [1.54, 1.807) is 0 Å². The van der Waals surface area contributed by atoms with E-state index in [2.05, 4.69) is 56.8 Å². The van der Waals surface area contributed by atoms with Crippen LogP contribution in [0.25, 0.3) is 10.8 Å². The number of anilines is 2. The number of aliphatic imine (C=N–C) groups is 1.